The zero-order valence-electron chi connectivity index (χ0n) is 19.1. The zero-order valence-corrected chi connectivity index (χ0v) is 19.9. The Hall–Kier alpha value is -2.64. The van der Waals surface area contributed by atoms with Crippen LogP contribution in [0.15, 0.2) is 45.6 Å². The Bertz CT molecular complexity index is 1330. The molecule has 1 aromatic heterocycles. The summed E-state index contributed by atoms with van der Waals surface area (Å²) in [5, 5.41) is 4.43. The smallest absolute Gasteiger partial charge is 0.336 e. The third-order valence-electron chi connectivity index (χ3n) is 6.30. The Kier molecular flexibility index (Phi) is 6.14. The topological polar surface area (TPSA) is 79.6 Å². The molecular weight excluding hydrogens is 424 g/mol. The normalized spacial score (nSPS) is 14.7. The number of sulfonamides is 1. The van der Waals surface area contributed by atoms with E-state index in [1.54, 1.807) is 17.3 Å². The van der Waals surface area contributed by atoms with Gasteiger partial charge in [-0.25, -0.2) is 13.2 Å². The van der Waals surface area contributed by atoms with E-state index in [2.05, 4.69) is 25.2 Å². The fourth-order valence-electron chi connectivity index (χ4n) is 4.52. The Labute approximate surface area is 189 Å². The van der Waals surface area contributed by atoms with E-state index in [9.17, 15) is 13.2 Å². The van der Waals surface area contributed by atoms with E-state index in [1.807, 2.05) is 31.2 Å². The first kappa shape index (κ1) is 22.6. The first-order valence-electron chi connectivity index (χ1n) is 11.1. The second-order valence-corrected chi connectivity index (χ2v) is 11.0. The highest BCUT2D eigenvalue weighted by molar-refractivity contribution is 7.89. The molecule has 2 heterocycles. The zero-order chi connectivity index (χ0) is 23.0. The summed E-state index contributed by atoms with van der Waals surface area (Å²) in [5.74, 6) is 0.484. The standard InChI is InChI=1S/C25H30N2O4S/c1-5-32(29,30)27-10-9-20-18(15-27)7-6-8-23(20)26-14-19-12-25(28)31-24-11-17(4)21(16(2)3)13-22(19)24/h6-8,11-13,16,26H,5,9-10,14-15H2,1-4H3. The summed E-state index contributed by atoms with van der Waals surface area (Å²) in [6, 6.07) is 11.6. The number of hydrogen-bond donors (Lipinski definition) is 1. The SMILES string of the molecule is CCS(=O)(=O)N1CCc2c(cccc2NCc2cc(=O)oc3cc(C)c(C(C)C)cc23)C1. The van der Waals surface area contributed by atoms with Gasteiger partial charge in [0.1, 0.15) is 5.58 Å². The lowest BCUT2D eigenvalue weighted by Crippen LogP contribution is -2.37. The Balaban J connectivity index is 1.65. The molecule has 1 aliphatic heterocycles. The average molecular weight is 455 g/mol. The van der Waals surface area contributed by atoms with E-state index in [0.29, 0.717) is 37.6 Å². The predicted molar refractivity (Wildman–Crippen MR) is 129 cm³/mol. The van der Waals surface area contributed by atoms with Gasteiger partial charge in [0.15, 0.2) is 0 Å². The van der Waals surface area contributed by atoms with E-state index in [1.165, 1.54) is 5.56 Å². The molecule has 6 nitrogen and oxygen atoms in total. The fraction of sp³-hybridized carbons (Fsp3) is 0.400. The number of anilines is 1. The first-order valence-corrected chi connectivity index (χ1v) is 12.7. The maximum Gasteiger partial charge on any atom is 0.336 e. The third-order valence-corrected chi connectivity index (χ3v) is 8.13. The number of rotatable bonds is 6. The van der Waals surface area contributed by atoms with Gasteiger partial charge in [-0.2, -0.15) is 4.31 Å². The van der Waals surface area contributed by atoms with Crippen molar-refractivity contribution in [1.29, 1.82) is 0 Å². The summed E-state index contributed by atoms with van der Waals surface area (Å²) in [4.78, 5) is 12.2. The van der Waals surface area contributed by atoms with Gasteiger partial charge in [0.05, 0.1) is 5.75 Å². The number of nitrogens with one attached hydrogen (secondary N) is 1. The van der Waals surface area contributed by atoms with Crippen LogP contribution in [0.1, 0.15) is 54.5 Å². The van der Waals surface area contributed by atoms with Crippen molar-refractivity contribution in [2.24, 2.45) is 0 Å². The van der Waals surface area contributed by atoms with Gasteiger partial charge in [-0.15, -0.1) is 0 Å². The van der Waals surface area contributed by atoms with Gasteiger partial charge in [0.2, 0.25) is 10.0 Å². The number of nitrogens with zero attached hydrogens (tertiary/aromatic N) is 1. The van der Waals surface area contributed by atoms with E-state index in [0.717, 1.165) is 33.3 Å². The molecule has 0 bridgehead atoms. The molecule has 32 heavy (non-hydrogen) atoms. The van der Waals surface area contributed by atoms with Crippen LogP contribution in [-0.2, 0) is 29.5 Å². The summed E-state index contributed by atoms with van der Waals surface area (Å²) >= 11 is 0. The van der Waals surface area contributed by atoms with Gasteiger partial charge < -0.3 is 9.73 Å². The minimum Gasteiger partial charge on any atom is -0.423 e. The van der Waals surface area contributed by atoms with Crippen molar-refractivity contribution in [2.75, 3.05) is 17.6 Å². The quantitative estimate of drug-likeness (QED) is 0.553. The maximum atomic E-state index is 12.3. The molecule has 4 rings (SSSR count). The summed E-state index contributed by atoms with van der Waals surface area (Å²) < 4.78 is 31.6. The molecule has 7 heteroatoms. The summed E-state index contributed by atoms with van der Waals surface area (Å²) in [7, 11) is -3.21. The lowest BCUT2D eigenvalue weighted by atomic mass is 9.94. The number of fused-ring (bicyclic) bond motifs is 2. The molecule has 0 fully saturated rings. The van der Waals surface area contributed by atoms with E-state index in [4.69, 9.17) is 4.42 Å². The molecule has 2 aromatic carbocycles. The monoisotopic (exact) mass is 454 g/mol. The molecule has 0 radical (unpaired) electrons. The van der Waals surface area contributed by atoms with Crippen molar-refractivity contribution >= 4 is 26.7 Å². The number of hydrogen-bond acceptors (Lipinski definition) is 5. The van der Waals surface area contributed by atoms with Crippen LogP contribution in [0.4, 0.5) is 5.69 Å². The van der Waals surface area contributed by atoms with Crippen molar-refractivity contribution in [3.63, 3.8) is 0 Å². The average Bonchev–Trinajstić information content (AvgIpc) is 2.76. The van der Waals surface area contributed by atoms with Gasteiger partial charge in [-0.1, -0.05) is 26.0 Å². The van der Waals surface area contributed by atoms with Crippen LogP contribution in [0.2, 0.25) is 0 Å². The van der Waals surface area contributed by atoms with Crippen LogP contribution < -0.4 is 10.9 Å². The Morgan fingerprint density at radius 2 is 1.97 bits per heavy atom. The van der Waals surface area contributed by atoms with Crippen LogP contribution in [0.5, 0.6) is 0 Å². The van der Waals surface area contributed by atoms with E-state index in [-0.39, 0.29) is 11.4 Å². The van der Waals surface area contributed by atoms with Crippen molar-refractivity contribution in [3.8, 4) is 0 Å². The van der Waals surface area contributed by atoms with Gasteiger partial charge in [-0.05, 0) is 72.2 Å². The molecule has 0 aliphatic carbocycles. The molecule has 1 aliphatic rings. The van der Waals surface area contributed by atoms with Crippen molar-refractivity contribution in [3.05, 3.63) is 74.6 Å². The molecule has 0 unspecified atom stereocenters. The summed E-state index contributed by atoms with van der Waals surface area (Å²) in [6.07, 6.45) is 0.659. The summed E-state index contributed by atoms with van der Waals surface area (Å²) in [6.45, 7) is 9.39. The molecule has 170 valence electrons. The second-order valence-electron chi connectivity index (χ2n) is 8.73. The molecule has 0 saturated carbocycles. The van der Waals surface area contributed by atoms with Crippen LogP contribution >= 0.6 is 0 Å². The maximum absolute atomic E-state index is 12.3. The third kappa shape index (κ3) is 4.32. The molecular formula is C25H30N2O4S. The number of benzene rings is 2. The minimum absolute atomic E-state index is 0.113. The predicted octanol–water partition coefficient (Wildman–Crippen LogP) is 4.54. The van der Waals surface area contributed by atoms with Crippen molar-refractivity contribution < 1.29 is 12.8 Å². The van der Waals surface area contributed by atoms with Gasteiger partial charge >= 0.3 is 5.63 Å². The van der Waals surface area contributed by atoms with Crippen LogP contribution in [0.3, 0.4) is 0 Å². The highest BCUT2D eigenvalue weighted by Crippen LogP contribution is 2.30. The second kappa shape index (κ2) is 8.71. The molecule has 0 saturated heterocycles. The van der Waals surface area contributed by atoms with Gasteiger partial charge in [-0.3, -0.25) is 0 Å². The highest BCUT2D eigenvalue weighted by atomic mass is 32.2. The molecule has 0 amide bonds. The van der Waals surface area contributed by atoms with Gasteiger partial charge in [0.25, 0.3) is 0 Å². The molecule has 0 atom stereocenters. The largest absolute Gasteiger partial charge is 0.423 e. The molecule has 3 aromatic rings. The van der Waals surface area contributed by atoms with Crippen LogP contribution in [-0.4, -0.2) is 25.0 Å². The molecule has 1 N–H and O–H groups in total. The highest BCUT2D eigenvalue weighted by Gasteiger charge is 2.26. The summed E-state index contributed by atoms with van der Waals surface area (Å²) in [5.41, 5.74) is 6.63. The van der Waals surface area contributed by atoms with Gasteiger partial charge in [0, 0.05) is 36.8 Å². The van der Waals surface area contributed by atoms with Crippen LogP contribution in [0.25, 0.3) is 11.0 Å². The molecule has 0 spiro atoms. The lowest BCUT2D eigenvalue weighted by molar-refractivity contribution is 0.392. The Morgan fingerprint density at radius 3 is 2.69 bits per heavy atom. The van der Waals surface area contributed by atoms with E-state index >= 15 is 0 Å². The Morgan fingerprint density at radius 1 is 1.19 bits per heavy atom. The minimum atomic E-state index is -3.21. The van der Waals surface area contributed by atoms with Crippen molar-refractivity contribution in [2.45, 2.75) is 53.1 Å². The number of aryl methyl sites for hydroxylation is 1. The van der Waals surface area contributed by atoms with Crippen molar-refractivity contribution in [1.82, 2.24) is 4.31 Å². The lowest BCUT2D eigenvalue weighted by Gasteiger charge is -2.29. The van der Waals surface area contributed by atoms with E-state index < -0.39 is 10.0 Å². The van der Waals surface area contributed by atoms with Crippen LogP contribution in [0, 0.1) is 6.92 Å². The fourth-order valence-corrected chi connectivity index (χ4v) is 5.59. The first-order chi connectivity index (χ1) is 15.2.